The van der Waals surface area contributed by atoms with Crippen molar-refractivity contribution in [3.63, 3.8) is 0 Å². The van der Waals surface area contributed by atoms with Gasteiger partial charge >= 0.3 is 0 Å². The second-order valence-electron chi connectivity index (χ2n) is 2.04. The third-order valence-corrected chi connectivity index (χ3v) is 1.32. The van der Waals surface area contributed by atoms with Gasteiger partial charge in [0.1, 0.15) is 6.10 Å². The molecule has 0 radical (unpaired) electrons. The van der Waals surface area contributed by atoms with Gasteiger partial charge in [-0.2, -0.15) is 0 Å². The minimum atomic E-state index is 0.398. The molecular weight excluding hydrogens is 104 g/mol. The van der Waals surface area contributed by atoms with E-state index in [-0.39, 0.29) is 0 Å². The van der Waals surface area contributed by atoms with Crippen molar-refractivity contribution < 1.29 is 9.47 Å². The highest BCUT2D eigenvalue weighted by Crippen LogP contribution is 2.20. The molecule has 0 aromatic carbocycles. The van der Waals surface area contributed by atoms with Crippen LogP contribution < -0.4 is 0 Å². The topological polar surface area (TPSA) is 21.8 Å². The Balaban J connectivity index is 1.89. The number of hydrogen-bond acceptors (Lipinski definition) is 2. The molecule has 1 fully saturated rings. The van der Waals surface area contributed by atoms with Crippen molar-refractivity contribution >= 4 is 0 Å². The van der Waals surface area contributed by atoms with Crippen LogP contribution in [0.1, 0.15) is 13.8 Å². The molecule has 1 heterocycles. The SMILES string of the molecule is CCOCC1OC1C. The largest absolute Gasteiger partial charge is 0.379 e. The van der Waals surface area contributed by atoms with Crippen LogP contribution in [0.25, 0.3) is 0 Å². The zero-order valence-corrected chi connectivity index (χ0v) is 5.39. The first kappa shape index (κ1) is 6.05. The predicted octanol–water partition coefficient (Wildman–Crippen LogP) is 0.810. The number of epoxide rings is 1. The Morgan fingerprint density at radius 2 is 2.25 bits per heavy atom. The molecular formula is C6H12O2. The van der Waals surface area contributed by atoms with Gasteiger partial charge < -0.3 is 9.47 Å². The standard InChI is InChI=1S/C6H12O2/c1-3-7-4-6-5(2)8-6/h5-6H,3-4H2,1-2H3. The van der Waals surface area contributed by atoms with Crippen LogP contribution in [0.3, 0.4) is 0 Å². The molecule has 0 N–H and O–H groups in total. The van der Waals surface area contributed by atoms with Gasteiger partial charge in [0.25, 0.3) is 0 Å². The molecule has 1 saturated heterocycles. The lowest BCUT2D eigenvalue weighted by Crippen LogP contribution is -2.02. The van der Waals surface area contributed by atoms with Crippen LogP contribution in [-0.4, -0.2) is 25.4 Å². The summed E-state index contributed by atoms with van der Waals surface area (Å²) in [7, 11) is 0. The van der Waals surface area contributed by atoms with Crippen LogP contribution in [0.5, 0.6) is 0 Å². The van der Waals surface area contributed by atoms with E-state index in [9.17, 15) is 0 Å². The lowest BCUT2D eigenvalue weighted by molar-refractivity contribution is 0.128. The molecule has 48 valence electrons. The Kier molecular flexibility index (Phi) is 1.86. The van der Waals surface area contributed by atoms with E-state index in [0.717, 1.165) is 13.2 Å². The van der Waals surface area contributed by atoms with Crippen molar-refractivity contribution in [2.75, 3.05) is 13.2 Å². The molecule has 0 aromatic rings. The van der Waals surface area contributed by atoms with Gasteiger partial charge in [-0.25, -0.2) is 0 Å². The maximum Gasteiger partial charge on any atom is 0.107 e. The van der Waals surface area contributed by atoms with Gasteiger partial charge in [0.2, 0.25) is 0 Å². The first-order valence-corrected chi connectivity index (χ1v) is 3.07. The van der Waals surface area contributed by atoms with Crippen LogP contribution in [0.2, 0.25) is 0 Å². The molecule has 2 heteroatoms. The summed E-state index contributed by atoms with van der Waals surface area (Å²) in [5, 5.41) is 0. The maximum absolute atomic E-state index is 5.10. The molecule has 0 saturated carbocycles. The van der Waals surface area contributed by atoms with Crippen LogP contribution in [-0.2, 0) is 9.47 Å². The van der Waals surface area contributed by atoms with E-state index in [2.05, 4.69) is 6.92 Å². The highest BCUT2D eigenvalue weighted by atomic mass is 16.6. The lowest BCUT2D eigenvalue weighted by Gasteiger charge is -1.92. The van der Waals surface area contributed by atoms with Crippen molar-refractivity contribution in [1.29, 1.82) is 0 Å². The lowest BCUT2D eigenvalue weighted by atomic mass is 10.4. The van der Waals surface area contributed by atoms with Gasteiger partial charge in [0, 0.05) is 6.61 Å². The number of hydrogen-bond donors (Lipinski definition) is 0. The Morgan fingerprint density at radius 3 is 2.62 bits per heavy atom. The zero-order valence-electron chi connectivity index (χ0n) is 5.39. The summed E-state index contributed by atoms with van der Waals surface area (Å²) in [6, 6.07) is 0. The molecule has 0 aromatic heterocycles. The van der Waals surface area contributed by atoms with Gasteiger partial charge in [-0.15, -0.1) is 0 Å². The monoisotopic (exact) mass is 116 g/mol. The third-order valence-electron chi connectivity index (χ3n) is 1.32. The molecule has 0 bridgehead atoms. The van der Waals surface area contributed by atoms with Crippen molar-refractivity contribution in [2.45, 2.75) is 26.1 Å². The highest BCUT2D eigenvalue weighted by molar-refractivity contribution is 4.79. The van der Waals surface area contributed by atoms with E-state index >= 15 is 0 Å². The Hall–Kier alpha value is -0.0800. The molecule has 1 rings (SSSR count). The first-order chi connectivity index (χ1) is 3.84. The maximum atomic E-state index is 5.10. The van der Waals surface area contributed by atoms with Crippen molar-refractivity contribution in [3.8, 4) is 0 Å². The van der Waals surface area contributed by atoms with Gasteiger partial charge in [-0.3, -0.25) is 0 Å². The Labute approximate surface area is 49.8 Å². The fourth-order valence-electron chi connectivity index (χ4n) is 0.639. The zero-order chi connectivity index (χ0) is 5.98. The number of rotatable bonds is 3. The van der Waals surface area contributed by atoms with Crippen LogP contribution in [0.15, 0.2) is 0 Å². The second-order valence-corrected chi connectivity index (χ2v) is 2.04. The predicted molar refractivity (Wildman–Crippen MR) is 30.8 cm³/mol. The molecule has 2 unspecified atom stereocenters. The summed E-state index contributed by atoms with van der Waals surface area (Å²) >= 11 is 0. The van der Waals surface area contributed by atoms with E-state index in [1.165, 1.54) is 0 Å². The van der Waals surface area contributed by atoms with Crippen molar-refractivity contribution in [2.24, 2.45) is 0 Å². The average Bonchev–Trinajstić information content (AvgIpc) is 2.42. The normalized spacial score (nSPS) is 35.2. The van der Waals surface area contributed by atoms with Crippen LogP contribution in [0, 0.1) is 0 Å². The fourth-order valence-corrected chi connectivity index (χ4v) is 0.639. The summed E-state index contributed by atoms with van der Waals surface area (Å²) in [6.45, 7) is 5.63. The van der Waals surface area contributed by atoms with Gasteiger partial charge in [0.15, 0.2) is 0 Å². The van der Waals surface area contributed by atoms with Gasteiger partial charge in [-0.1, -0.05) is 0 Å². The Bertz CT molecular complexity index is 72.9. The van der Waals surface area contributed by atoms with E-state index in [0.29, 0.717) is 12.2 Å². The molecule has 0 aliphatic carbocycles. The molecule has 1 aliphatic heterocycles. The van der Waals surface area contributed by atoms with Crippen LogP contribution >= 0.6 is 0 Å². The summed E-state index contributed by atoms with van der Waals surface area (Å²) in [5.41, 5.74) is 0. The van der Waals surface area contributed by atoms with E-state index in [4.69, 9.17) is 9.47 Å². The molecule has 2 nitrogen and oxygen atoms in total. The van der Waals surface area contributed by atoms with Gasteiger partial charge in [-0.05, 0) is 13.8 Å². The summed E-state index contributed by atoms with van der Waals surface area (Å²) < 4.78 is 10.2. The molecule has 1 aliphatic rings. The summed E-state index contributed by atoms with van der Waals surface area (Å²) in [5.74, 6) is 0. The quantitative estimate of drug-likeness (QED) is 0.509. The molecule has 2 atom stereocenters. The summed E-state index contributed by atoms with van der Waals surface area (Å²) in [6.07, 6.45) is 0.844. The molecule has 0 spiro atoms. The second kappa shape index (κ2) is 2.46. The molecule has 8 heavy (non-hydrogen) atoms. The fraction of sp³-hybridized carbons (Fsp3) is 1.00. The van der Waals surface area contributed by atoms with E-state index in [1.54, 1.807) is 0 Å². The third kappa shape index (κ3) is 1.46. The van der Waals surface area contributed by atoms with Crippen molar-refractivity contribution in [1.82, 2.24) is 0 Å². The van der Waals surface area contributed by atoms with Crippen molar-refractivity contribution in [3.05, 3.63) is 0 Å². The average molecular weight is 116 g/mol. The van der Waals surface area contributed by atoms with Crippen LogP contribution in [0.4, 0.5) is 0 Å². The highest BCUT2D eigenvalue weighted by Gasteiger charge is 2.33. The van der Waals surface area contributed by atoms with E-state index < -0.39 is 0 Å². The number of ether oxygens (including phenoxy) is 2. The molecule has 0 amide bonds. The van der Waals surface area contributed by atoms with E-state index in [1.807, 2.05) is 6.92 Å². The smallest absolute Gasteiger partial charge is 0.107 e. The Morgan fingerprint density at radius 1 is 1.62 bits per heavy atom. The minimum Gasteiger partial charge on any atom is -0.379 e. The summed E-state index contributed by atoms with van der Waals surface area (Å²) in [4.78, 5) is 0. The first-order valence-electron chi connectivity index (χ1n) is 3.07. The minimum absolute atomic E-state index is 0.398. The van der Waals surface area contributed by atoms with Gasteiger partial charge in [0.05, 0.1) is 12.7 Å².